The van der Waals surface area contributed by atoms with Gasteiger partial charge in [0.25, 0.3) is 5.91 Å². The van der Waals surface area contributed by atoms with Crippen molar-refractivity contribution in [1.82, 2.24) is 25.1 Å². The number of H-pyrrole nitrogens is 1. The molecule has 0 radical (unpaired) electrons. The molecule has 0 aliphatic carbocycles. The molecule has 10 heteroatoms. The minimum atomic E-state index is -0.224. The van der Waals surface area contributed by atoms with Gasteiger partial charge in [-0.1, -0.05) is 23.7 Å². The summed E-state index contributed by atoms with van der Waals surface area (Å²) in [6.07, 6.45) is 6.57. The number of benzene rings is 2. The zero-order valence-electron chi connectivity index (χ0n) is 18.0. The van der Waals surface area contributed by atoms with Gasteiger partial charge in [-0.25, -0.2) is 9.97 Å². The topological polar surface area (TPSA) is 108 Å². The second kappa shape index (κ2) is 8.79. The predicted octanol–water partition coefficient (Wildman–Crippen LogP) is 6.28. The van der Waals surface area contributed by atoms with Crippen molar-refractivity contribution < 1.29 is 4.79 Å². The molecular formula is C25H16ClN7OS. The van der Waals surface area contributed by atoms with Gasteiger partial charge < -0.3 is 10.6 Å². The van der Waals surface area contributed by atoms with E-state index in [9.17, 15) is 4.79 Å². The van der Waals surface area contributed by atoms with E-state index in [1.54, 1.807) is 24.7 Å². The van der Waals surface area contributed by atoms with Gasteiger partial charge in [-0.05, 0) is 47.9 Å². The second-order valence-corrected chi connectivity index (χ2v) is 9.23. The van der Waals surface area contributed by atoms with Crippen molar-refractivity contribution in [2.45, 2.75) is 0 Å². The lowest BCUT2D eigenvalue weighted by atomic mass is 10.1. The Morgan fingerprint density at radius 3 is 2.83 bits per heavy atom. The van der Waals surface area contributed by atoms with Crippen LogP contribution in [0.4, 0.5) is 17.2 Å². The first kappa shape index (κ1) is 21.2. The molecule has 0 bridgehead atoms. The molecule has 0 saturated heterocycles. The molecule has 3 N–H and O–H groups in total. The summed E-state index contributed by atoms with van der Waals surface area (Å²) in [5, 5.41) is 15.5. The Kier molecular flexibility index (Phi) is 5.32. The van der Waals surface area contributed by atoms with Gasteiger partial charge >= 0.3 is 0 Å². The third-order valence-corrected chi connectivity index (χ3v) is 6.79. The van der Waals surface area contributed by atoms with Gasteiger partial charge in [0, 0.05) is 39.9 Å². The van der Waals surface area contributed by atoms with E-state index < -0.39 is 0 Å². The minimum Gasteiger partial charge on any atom is -0.340 e. The maximum atomic E-state index is 12.8. The van der Waals surface area contributed by atoms with Crippen LogP contribution in [0.1, 0.15) is 9.67 Å². The van der Waals surface area contributed by atoms with Gasteiger partial charge in [0.15, 0.2) is 5.82 Å². The van der Waals surface area contributed by atoms with Crippen LogP contribution in [0.3, 0.4) is 0 Å². The molecule has 6 rings (SSSR count). The molecular weight excluding hydrogens is 482 g/mol. The fraction of sp³-hybridized carbons (Fsp3) is 0. The van der Waals surface area contributed by atoms with Crippen LogP contribution in [0.2, 0.25) is 5.02 Å². The van der Waals surface area contributed by atoms with E-state index in [1.165, 1.54) is 17.5 Å². The third-order valence-electron chi connectivity index (χ3n) is 5.39. The summed E-state index contributed by atoms with van der Waals surface area (Å²) in [6, 6.07) is 17.2. The third kappa shape index (κ3) is 4.30. The van der Waals surface area contributed by atoms with E-state index in [2.05, 4.69) is 35.8 Å². The lowest BCUT2D eigenvalue weighted by Gasteiger charge is -2.07. The van der Waals surface area contributed by atoms with Crippen molar-refractivity contribution in [3.63, 3.8) is 0 Å². The number of halogens is 1. The quantitative estimate of drug-likeness (QED) is 0.258. The summed E-state index contributed by atoms with van der Waals surface area (Å²) in [5.41, 5.74) is 3.26. The molecule has 35 heavy (non-hydrogen) atoms. The molecule has 0 fully saturated rings. The van der Waals surface area contributed by atoms with Gasteiger partial charge in [-0.3, -0.25) is 14.9 Å². The van der Waals surface area contributed by atoms with E-state index in [0.29, 0.717) is 27.2 Å². The van der Waals surface area contributed by atoms with E-state index >= 15 is 0 Å². The summed E-state index contributed by atoms with van der Waals surface area (Å²) < 4.78 is 0.959. The van der Waals surface area contributed by atoms with Crippen molar-refractivity contribution in [3.05, 3.63) is 89.3 Å². The van der Waals surface area contributed by atoms with Crippen LogP contribution in [0.15, 0.2) is 79.4 Å². The number of anilines is 3. The number of carbonyl (C=O) groups excluding carboxylic acids is 1. The largest absolute Gasteiger partial charge is 0.340 e. The Balaban J connectivity index is 1.25. The molecule has 0 aliphatic rings. The number of pyridine rings is 1. The number of aromatic amines is 1. The highest BCUT2D eigenvalue weighted by atomic mass is 35.5. The molecule has 2 aromatic carbocycles. The zero-order chi connectivity index (χ0) is 23.8. The Bertz CT molecular complexity index is 1710. The van der Waals surface area contributed by atoms with Crippen LogP contribution < -0.4 is 10.6 Å². The molecule has 4 aromatic heterocycles. The average Bonchev–Trinajstić information content (AvgIpc) is 3.52. The van der Waals surface area contributed by atoms with Crippen LogP contribution >= 0.6 is 22.9 Å². The number of rotatable bonds is 5. The minimum absolute atomic E-state index is 0.224. The smallest absolute Gasteiger partial charge is 0.265 e. The van der Waals surface area contributed by atoms with Crippen molar-refractivity contribution >= 4 is 67.0 Å². The first-order valence-corrected chi connectivity index (χ1v) is 11.8. The number of hydrogen-bond donors (Lipinski definition) is 3. The molecule has 6 aromatic rings. The molecule has 0 atom stereocenters. The summed E-state index contributed by atoms with van der Waals surface area (Å²) in [5.74, 6) is 1.04. The molecule has 8 nitrogen and oxygen atoms in total. The standard InChI is InChI=1S/C25H16ClN7OS/c26-18-13-27-7-5-20(18)31-25(34)22-10-14-1-2-15(11-21(14)35-22)24-28-8-6-23(32-24)30-17-3-4-19-16(9-17)12-29-33-19/h1-13H,(H,29,33)(H,27,31,34)(H,28,30,32). The zero-order valence-corrected chi connectivity index (χ0v) is 19.6. The van der Waals surface area contributed by atoms with E-state index in [0.717, 1.165) is 32.2 Å². The highest BCUT2D eigenvalue weighted by Gasteiger charge is 2.13. The lowest BCUT2D eigenvalue weighted by molar-refractivity contribution is 0.103. The van der Waals surface area contributed by atoms with Crippen LogP contribution in [0, 0.1) is 0 Å². The van der Waals surface area contributed by atoms with E-state index in [1.807, 2.05) is 48.5 Å². The van der Waals surface area contributed by atoms with Crippen molar-refractivity contribution in [2.24, 2.45) is 0 Å². The maximum absolute atomic E-state index is 12.8. The number of aromatic nitrogens is 5. The van der Waals surface area contributed by atoms with Crippen molar-refractivity contribution in [1.29, 1.82) is 0 Å². The predicted molar refractivity (Wildman–Crippen MR) is 139 cm³/mol. The number of hydrogen-bond acceptors (Lipinski definition) is 7. The number of fused-ring (bicyclic) bond motifs is 2. The van der Waals surface area contributed by atoms with Crippen LogP contribution in [0.25, 0.3) is 32.4 Å². The molecule has 0 unspecified atom stereocenters. The molecule has 4 heterocycles. The highest BCUT2D eigenvalue weighted by Crippen LogP contribution is 2.31. The summed E-state index contributed by atoms with van der Waals surface area (Å²) in [4.78, 5) is 26.4. The van der Waals surface area contributed by atoms with Gasteiger partial charge in [-0.2, -0.15) is 5.10 Å². The molecule has 0 saturated carbocycles. The normalized spacial score (nSPS) is 11.1. The van der Waals surface area contributed by atoms with E-state index in [4.69, 9.17) is 11.6 Å². The highest BCUT2D eigenvalue weighted by molar-refractivity contribution is 7.21. The second-order valence-electron chi connectivity index (χ2n) is 7.74. The molecule has 1 amide bonds. The Morgan fingerprint density at radius 2 is 1.91 bits per heavy atom. The lowest BCUT2D eigenvalue weighted by Crippen LogP contribution is -2.10. The van der Waals surface area contributed by atoms with Crippen molar-refractivity contribution in [3.8, 4) is 11.4 Å². The fourth-order valence-electron chi connectivity index (χ4n) is 3.68. The Morgan fingerprint density at radius 1 is 0.971 bits per heavy atom. The number of nitrogens with zero attached hydrogens (tertiary/aromatic N) is 4. The van der Waals surface area contributed by atoms with Crippen LogP contribution in [-0.2, 0) is 0 Å². The van der Waals surface area contributed by atoms with Gasteiger partial charge in [0.05, 0.1) is 27.3 Å². The molecule has 0 aliphatic heterocycles. The fourth-order valence-corrected chi connectivity index (χ4v) is 4.84. The number of carbonyl (C=O) groups is 1. The first-order chi connectivity index (χ1) is 17.1. The van der Waals surface area contributed by atoms with Crippen LogP contribution in [0.5, 0.6) is 0 Å². The number of thiophene rings is 1. The monoisotopic (exact) mass is 497 g/mol. The van der Waals surface area contributed by atoms with Gasteiger partial charge in [0.2, 0.25) is 0 Å². The molecule has 0 spiro atoms. The van der Waals surface area contributed by atoms with Crippen molar-refractivity contribution in [2.75, 3.05) is 10.6 Å². The maximum Gasteiger partial charge on any atom is 0.265 e. The summed E-state index contributed by atoms with van der Waals surface area (Å²) in [6.45, 7) is 0. The average molecular weight is 498 g/mol. The van der Waals surface area contributed by atoms with E-state index in [-0.39, 0.29) is 5.91 Å². The number of nitrogens with one attached hydrogen (secondary N) is 3. The summed E-state index contributed by atoms with van der Waals surface area (Å²) in [7, 11) is 0. The number of amides is 1. The van der Waals surface area contributed by atoms with Gasteiger partial charge in [0.1, 0.15) is 5.82 Å². The first-order valence-electron chi connectivity index (χ1n) is 10.6. The molecule has 170 valence electrons. The summed E-state index contributed by atoms with van der Waals surface area (Å²) >= 11 is 7.51. The Labute approximate surface area is 208 Å². The van der Waals surface area contributed by atoms with Crippen LogP contribution in [-0.4, -0.2) is 31.1 Å². The Hall–Kier alpha value is -4.34. The SMILES string of the molecule is O=C(Nc1ccncc1Cl)c1cc2ccc(-c3nccc(Nc4ccc5[nH]ncc5c4)n3)cc2s1. The van der Waals surface area contributed by atoms with Gasteiger partial charge in [-0.15, -0.1) is 11.3 Å².